The van der Waals surface area contributed by atoms with E-state index in [4.69, 9.17) is 4.74 Å². The molecular formula is C13H24N2O2. The van der Waals surface area contributed by atoms with Crippen LogP contribution in [0.2, 0.25) is 0 Å². The average molecular weight is 240 g/mol. The Bertz CT molecular complexity index is 266. The molecule has 2 atom stereocenters. The fourth-order valence-corrected chi connectivity index (χ4v) is 2.30. The van der Waals surface area contributed by atoms with E-state index in [1.165, 1.54) is 12.8 Å². The molecule has 2 aliphatic rings. The van der Waals surface area contributed by atoms with Crippen LogP contribution >= 0.6 is 0 Å². The smallest absolute Gasteiger partial charge is 0.224 e. The number of morpholine rings is 1. The zero-order valence-corrected chi connectivity index (χ0v) is 10.9. The molecule has 0 aromatic rings. The molecule has 98 valence electrons. The first-order chi connectivity index (χ1) is 8.20. The fraction of sp³-hybridized carbons (Fsp3) is 0.923. The van der Waals surface area contributed by atoms with E-state index in [0.29, 0.717) is 19.1 Å². The first-order valence-electron chi connectivity index (χ1n) is 6.85. The third-order valence-corrected chi connectivity index (χ3v) is 3.61. The van der Waals surface area contributed by atoms with Gasteiger partial charge in [0, 0.05) is 25.6 Å². The standard InChI is InChI=1S/C13H24N2O2/c1-3-12-9-17-10(2)8-15(12)13(16)6-7-14-11-4-5-11/h10-12,14H,3-9H2,1-2H3. The highest BCUT2D eigenvalue weighted by Gasteiger charge is 2.29. The van der Waals surface area contributed by atoms with Gasteiger partial charge in [-0.1, -0.05) is 6.92 Å². The second-order valence-corrected chi connectivity index (χ2v) is 5.23. The second kappa shape index (κ2) is 5.83. The quantitative estimate of drug-likeness (QED) is 0.784. The largest absolute Gasteiger partial charge is 0.375 e. The zero-order chi connectivity index (χ0) is 12.3. The van der Waals surface area contributed by atoms with E-state index in [-0.39, 0.29) is 18.1 Å². The molecule has 2 unspecified atom stereocenters. The number of carbonyl (C=O) groups is 1. The van der Waals surface area contributed by atoms with Crippen molar-refractivity contribution >= 4 is 5.91 Å². The predicted molar refractivity (Wildman–Crippen MR) is 66.8 cm³/mol. The lowest BCUT2D eigenvalue weighted by molar-refractivity contribution is -0.144. The Morgan fingerprint density at radius 3 is 2.88 bits per heavy atom. The summed E-state index contributed by atoms with van der Waals surface area (Å²) in [5.74, 6) is 0.278. The van der Waals surface area contributed by atoms with Gasteiger partial charge in [0.1, 0.15) is 0 Å². The lowest BCUT2D eigenvalue weighted by atomic mass is 10.1. The molecule has 1 amide bonds. The van der Waals surface area contributed by atoms with Crippen molar-refractivity contribution < 1.29 is 9.53 Å². The minimum absolute atomic E-state index is 0.179. The van der Waals surface area contributed by atoms with Gasteiger partial charge in [-0.05, 0) is 26.2 Å². The molecule has 1 N–H and O–H groups in total. The summed E-state index contributed by atoms with van der Waals surface area (Å²) in [7, 11) is 0. The minimum atomic E-state index is 0.179. The lowest BCUT2D eigenvalue weighted by Gasteiger charge is -2.38. The summed E-state index contributed by atoms with van der Waals surface area (Å²) in [6.45, 7) is 6.42. The van der Waals surface area contributed by atoms with Crippen molar-refractivity contribution in [3.8, 4) is 0 Å². The van der Waals surface area contributed by atoms with Gasteiger partial charge in [-0.3, -0.25) is 4.79 Å². The summed E-state index contributed by atoms with van der Waals surface area (Å²) in [6.07, 6.45) is 4.34. The van der Waals surface area contributed by atoms with E-state index >= 15 is 0 Å². The van der Waals surface area contributed by atoms with E-state index in [0.717, 1.165) is 19.5 Å². The Labute approximate surface area is 104 Å². The molecule has 4 heteroatoms. The maximum Gasteiger partial charge on any atom is 0.224 e. The topological polar surface area (TPSA) is 41.6 Å². The maximum absolute atomic E-state index is 12.1. The summed E-state index contributed by atoms with van der Waals surface area (Å²) in [5, 5.41) is 3.39. The summed E-state index contributed by atoms with van der Waals surface area (Å²) >= 11 is 0. The van der Waals surface area contributed by atoms with Crippen LogP contribution in [-0.2, 0) is 9.53 Å². The number of amides is 1. The molecule has 0 bridgehead atoms. The molecule has 1 aliphatic heterocycles. The summed E-state index contributed by atoms with van der Waals surface area (Å²) in [5.41, 5.74) is 0. The maximum atomic E-state index is 12.1. The normalized spacial score (nSPS) is 29.4. The van der Waals surface area contributed by atoms with Crippen molar-refractivity contribution in [1.82, 2.24) is 10.2 Å². The van der Waals surface area contributed by atoms with Gasteiger partial charge < -0.3 is 15.0 Å². The van der Waals surface area contributed by atoms with E-state index < -0.39 is 0 Å². The van der Waals surface area contributed by atoms with Crippen molar-refractivity contribution in [3.63, 3.8) is 0 Å². The van der Waals surface area contributed by atoms with E-state index in [1.54, 1.807) is 0 Å². The third kappa shape index (κ3) is 3.68. The molecule has 1 saturated carbocycles. The zero-order valence-electron chi connectivity index (χ0n) is 10.9. The Morgan fingerprint density at radius 2 is 2.24 bits per heavy atom. The van der Waals surface area contributed by atoms with E-state index in [1.807, 2.05) is 11.8 Å². The molecule has 1 saturated heterocycles. The first-order valence-corrected chi connectivity index (χ1v) is 6.85. The van der Waals surface area contributed by atoms with E-state index in [2.05, 4.69) is 12.2 Å². The summed E-state index contributed by atoms with van der Waals surface area (Å²) < 4.78 is 5.60. The van der Waals surface area contributed by atoms with Crippen molar-refractivity contribution in [2.24, 2.45) is 0 Å². The summed E-state index contributed by atoms with van der Waals surface area (Å²) in [6, 6.07) is 0.966. The number of carbonyl (C=O) groups excluding carboxylic acids is 1. The first kappa shape index (κ1) is 12.8. The molecule has 0 spiro atoms. The van der Waals surface area contributed by atoms with Crippen molar-refractivity contribution in [2.75, 3.05) is 19.7 Å². The SMILES string of the molecule is CCC1COC(C)CN1C(=O)CCNC1CC1. The van der Waals surface area contributed by atoms with Crippen LogP contribution in [0.3, 0.4) is 0 Å². The Kier molecular flexibility index (Phi) is 4.40. The number of rotatable bonds is 5. The number of nitrogens with one attached hydrogen (secondary N) is 1. The van der Waals surface area contributed by atoms with Crippen LogP contribution in [0.15, 0.2) is 0 Å². The average Bonchev–Trinajstić information content (AvgIpc) is 3.13. The van der Waals surface area contributed by atoms with Gasteiger partial charge in [0.15, 0.2) is 0 Å². The Hall–Kier alpha value is -0.610. The molecule has 2 fully saturated rings. The number of nitrogens with zero attached hydrogens (tertiary/aromatic N) is 1. The van der Waals surface area contributed by atoms with Crippen LogP contribution in [-0.4, -0.2) is 48.7 Å². The van der Waals surface area contributed by atoms with Crippen molar-refractivity contribution in [2.45, 2.75) is 57.7 Å². The fourth-order valence-electron chi connectivity index (χ4n) is 2.30. The number of hydrogen-bond acceptors (Lipinski definition) is 3. The van der Waals surface area contributed by atoms with Gasteiger partial charge in [-0.15, -0.1) is 0 Å². The summed E-state index contributed by atoms with van der Waals surface area (Å²) in [4.78, 5) is 14.2. The highest BCUT2D eigenvalue weighted by atomic mass is 16.5. The van der Waals surface area contributed by atoms with Crippen LogP contribution in [0.4, 0.5) is 0 Å². The Morgan fingerprint density at radius 1 is 1.47 bits per heavy atom. The van der Waals surface area contributed by atoms with Gasteiger partial charge in [-0.2, -0.15) is 0 Å². The Balaban J connectivity index is 1.77. The van der Waals surface area contributed by atoms with Gasteiger partial charge in [0.2, 0.25) is 5.91 Å². The minimum Gasteiger partial charge on any atom is -0.375 e. The van der Waals surface area contributed by atoms with Gasteiger partial charge in [-0.25, -0.2) is 0 Å². The highest BCUT2D eigenvalue weighted by molar-refractivity contribution is 5.76. The highest BCUT2D eigenvalue weighted by Crippen LogP contribution is 2.19. The lowest BCUT2D eigenvalue weighted by Crippen LogP contribution is -2.51. The number of ether oxygens (including phenoxy) is 1. The molecule has 4 nitrogen and oxygen atoms in total. The molecule has 0 radical (unpaired) electrons. The molecule has 0 aromatic carbocycles. The molecular weight excluding hydrogens is 216 g/mol. The van der Waals surface area contributed by atoms with Crippen LogP contribution in [0.1, 0.15) is 39.5 Å². The molecule has 17 heavy (non-hydrogen) atoms. The molecule has 2 rings (SSSR count). The van der Waals surface area contributed by atoms with Gasteiger partial charge in [0.05, 0.1) is 18.8 Å². The van der Waals surface area contributed by atoms with E-state index in [9.17, 15) is 4.79 Å². The van der Waals surface area contributed by atoms with Crippen LogP contribution in [0, 0.1) is 0 Å². The van der Waals surface area contributed by atoms with Gasteiger partial charge >= 0.3 is 0 Å². The van der Waals surface area contributed by atoms with Crippen molar-refractivity contribution in [3.05, 3.63) is 0 Å². The van der Waals surface area contributed by atoms with Crippen molar-refractivity contribution in [1.29, 1.82) is 0 Å². The monoisotopic (exact) mass is 240 g/mol. The molecule has 0 aromatic heterocycles. The number of hydrogen-bond donors (Lipinski definition) is 1. The molecule has 1 heterocycles. The second-order valence-electron chi connectivity index (χ2n) is 5.23. The predicted octanol–water partition coefficient (Wildman–Crippen LogP) is 1.15. The van der Waals surface area contributed by atoms with Gasteiger partial charge in [0.25, 0.3) is 0 Å². The van der Waals surface area contributed by atoms with Crippen LogP contribution < -0.4 is 5.32 Å². The van der Waals surface area contributed by atoms with Crippen LogP contribution in [0.5, 0.6) is 0 Å². The molecule has 1 aliphatic carbocycles. The van der Waals surface area contributed by atoms with Crippen LogP contribution in [0.25, 0.3) is 0 Å². The third-order valence-electron chi connectivity index (χ3n) is 3.61.